The van der Waals surface area contributed by atoms with Crippen molar-refractivity contribution in [2.75, 3.05) is 25.6 Å². The molecule has 0 atom stereocenters. The molecular weight excluding hydrogens is 390 g/mol. The monoisotopic (exact) mass is 404 g/mol. The molecule has 0 aliphatic heterocycles. The Hall–Kier alpha value is -3.09. The number of sulfonamides is 1. The Morgan fingerprint density at radius 1 is 1.15 bits per heavy atom. The van der Waals surface area contributed by atoms with Crippen molar-refractivity contribution in [1.82, 2.24) is 15.0 Å². The summed E-state index contributed by atoms with van der Waals surface area (Å²) in [5.41, 5.74) is -1.09. The van der Waals surface area contributed by atoms with E-state index < -0.39 is 44.4 Å². The van der Waals surface area contributed by atoms with Crippen molar-refractivity contribution >= 4 is 21.5 Å². The van der Waals surface area contributed by atoms with Crippen molar-refractivity contribution in [3.05, 3.63) is 29.6 Å². The van der Waals surface area contributed by atoms with Crippen LogP contribution in [-0.2, 0) is 10.0 Å². The molecule has 1 N–H and O–H groups in total. The van der Waals surface area contributed by atoms with Gasteiger partial charge < -0.3 is 14.6 Å². The van der Waals surface area contributed by atoms with Gasteiger partial charge in [0, 0.05) is 7.05 Å². The summed E-state index contributed by atoms with van der Waals surface area (Å²) in [4.78, 5) is 23.9. The molecule has 0 bridgehead atoms. The number of aromatic hydroxyl groups is 1. The molecule has 0 aliphatic carbocycles. The number of carbonyl (C=O) groups is 1. The van der Waals surface area contributed by atoms with Gasteiger partial charge in [-0.15, -0.1) is 4.98 Å². The van der Waals surface area contributed by atoms with E-state index in [1.165, 1.54) is 20.3 Å². The fourth-order valence-electron chi connectivity index (χ4n) is 2.03. The van der Waals surface area contributed by atoms with E-state index in [0.717, 1.165) is 19.2 Å². The molecule has 0 saturated carbocycles. The molecule has 0 saturated heterocycles. The lowest BCUT2D eigenvalue weighted by Crippen LogP contribution is -2.33. The van der Waals surface area contributed by atoms with Gasteiger partial charge in [-0.05, 0) is 12.1 Å². The fraction of sp³-hybridized carbons (Fsp3) is 0.286. The molecule has 146 valence electrons. The molecule has 10 nitrogen and oxygen atoms in total. The van der Waals surface area contributed by atoms with Crippen LogP contribution in [0.25, 0.3) is 0 Å². The Morgan fingerprint density at radius 3 is 2.19 bits per heavy atom. The predicted molar refractivity (Wildman–Crippen MR) is 87.8 cm³/mol. The summed E-state index contributed by atoms with van der Waals surface area (Å²) >= 11 is 0. The summed E-state index contributed by atoms with van der Waals surface area (Å²) in [6, 6.07) is 2.86. The van der Waals surface area contributed by atoms with Gasteiger partial charge in [0.2, 0.25) is 11.6 Å². The number of hydrogen-bond donors (Lipinski definition) is 1. The molecule has 27 heavy (non-hydrogen) atoms. The van der Waals surface area contributed by atoms with Gasteiger partial charge >= 0.3 is 17.8 Å². The van der Waals surface area contributed by atoms with Crippen LogP contribution in [0.5, 0.6) is 17.8 Å². The predicted octanol–water partition coefficient (Wildman–Crippen LogP) is 0.814. The number of aromatic nitrogens is 3. The molecular formula is C14H14F2N4O6S. The van der Waals surface area contributed by atoms with E-state index in [-0.39, 0.29) is 16.3 Å². The second-order valence-electron chi connectivity index (χ2n) is 4.91. The van der Waals surface area contributed by atoms with Crippen LogP contribution < -0.4 is 13.8 Å². The smallest absolute Gasteiger partial charge is 0.355 e. The van der Waals surface area contributed by atoms with Crippen molar-refractivity contribution in [2.24, 2.45) is 0 Å². The number of para-hydroxylation sites is 1. The Bertz CT molecular complexity index is 948. The van der Waals surface area contributed by atoms with Gasteiger partial charge in [-0.2, -0.15) is 18.7 Å². The maximum absolute atomic E-state index is 12.9. The van der Waals surface area contributed by atoms with Crippen LogP contribution in [0.3, 0.4) is 0 Å². The first-order valence-corrected chi connectivity index (χ1v) is 8.60. The lowest BCUT2D eigenvalue weighted by Gasteiger charge is -2.22. The number of methoxy groups -OCH3 is 2. The normalized spacial score (nSPS) is 11.3. The molecule has 2 rings (SSSR count). The number of benzene rings is 1. The van der Waals surface area contributed by atoms with E-state index in [4.69, 9.17) is 9.47 Å². The molecule has 1 aromatic carbocycles. The summed E-state index contributed by atoms with van der Waals surface area (Å²) in [5.74, 6) is -5.95. The van der Waals surface area contributed by atoms with Gasteiger partial charge in [0.05, 0.1) is 19.8 Å². The van der Waals surface area contributed by atoms with Crippen LogP contribution in [-0.4, -0.2) is 61.3 Å². The summed E-state index contributed by atoms with van der Waals surface area (Å²) in [5, 5.41) is 10.00. The van der Waals surface area contributed by atoms with Crippen LogP contribution in [0.15, 0.2) is 18.2 Å². The van der Waals surface area contributed by atoms with Crippen molar-refractivity contribution < 1.29 is 36.6 Å². The quantitative estimate of drug-likeness (QED) is 0.666. The largest absolute Gasteiger partial charge is 0.506 e. The van der Waals surface area contributed by atoms with Crippen LogP contribution in [0.1, 0.15) is 16.2 Å². The van der Waals surface area contributed by atoms with Crippen molar-refractivity contribution in [3.63, 3.8) is 0 Å². The zero-order valence-corrected chi connectivity index (χ0v) is 15.1. The standard InChI is InChI=1S/C14H14F2N4O6S/c1-20(27(23,24)12(15)16)9-7(5-4-6-8(9)21)10(22)11-17-13(25-2)19-14(18-11)26-3/h4-6,12,21H,1-3H3. The number of rotatable bonds is 7. The highest BCUT2D eigenvalue weighted by atomic mass is 32.2. The van der Waals surface area contributed by atoms with Gasteiger partial charge in [0.25, 0.3) is 10.0 Å². The Labute approximate surface area is 152 Å². The molecule has 0 aliphatic rings. The minimum Gasteiger partial charge on any atom is -0.506 e. The third kappa shape index (κ3) is 3.86. The fourth-order valence-corrected chi connectivity index (χ4v) is 2.72. The average Bonchev–Trinajstić information content (AvgIpc) is 2.65. The van der Waals surface area contributed by atoms with E-state index in [0.29, 0.717) is 0 Å². The number of hydrogen-bond acceptors (Lipinski definition) is 9. The van der Waals surface area contributed by atoms with Crippen molar-refractivity contribution in [3.8, 4) is 17.8 Å². The molecule has 0 fully saturated rings. The zero-order valence-electron chi connectivity index (χ0n) is 14.3. The first-order valence-electron chi connectivity index (χ1n) is 7.10. The van der Waals surface area contributed by atoms with E-state index in [1.54, 1.807) is 0 Å². The van der Waals surface area contributed by atoms with Crippen molar-refractivity contribution in [2.45, 2.75) is 5.76 Å². The third-order valence-electron chi connectivity index (χ3n) is 3.34. The SMILES string of the molecule is COc1nc(OC)nc(C(=O)c2cccc(O)c2N(C)S(=O)(=O)C(F)F)n1. The van der Waals surface area contributed by atoms with E-state index >= 15 is 0 Å². The summed E-state index contributed by atoms with van der Waals surface area (Å²) in [6.45, 7) is 0. The molecule has 0 spiro atoms. The van der Waals surface area contributed by atoms with E-state index in [2.05, 4.69) is 15.0 Å². The van der Waals surface area contributed by atoms with Gasteiger partial charge in [-0.1, -0.05) is 6.07 Å². The maximum atomic E-state index is 12.9. The van der Waals surface area contributed by atoms with Crippen molar-refractivity contribution in [1.29, 1.82) is 0 Å². The van der Waals surface area contributed by atoms with E-state index in [1.807, 2.05) is 0 Å². The highest BCUT2D eigenvalue weighted by Crippen LogP contribution is 2.34. The molecule has 13 heteroatoms. The molecule has 0 amide bonds. The van der Waals surface area contributed by atoms with Crippen LogP contribution in [0, 0.1) is 0 Å². The number of alkyl halides is 2. The Balaban J connectivity index is 2.64. The molecule has 0 radical (unpaired) electrons. The highest BCUT2D eigenvalue weighted by Gasteiger charge is 2.34. The van der Waals surface area contributed by atoms with Gasteiger partial charge in [0.15, 0.2) is 0 Å². The number of nitrogens with zero attached hydrogens (tertiary/aromatic N) is 4. The minimum absolute atomic E-state index is 0.121. The summed E-state index contributed by atoms with van der Waals surface area (Å²) < 4.78 is 59.0. The first-order chi connectivity index (χ1) is 12.6. The second-order valence-corrected chi connectivity index (χ2v) is 6.84. The lowest BCUT2D eigenvalue weighted by molar-refractivity contribution is 0.102. The summed E-state index contributed by atoms with van der Waals surface area (Å²) in [6.07, 6.45) is 0. The number of phenols is 1. The van der Waals surface area contributed by atoms with Crippen LogP contribution in [0.2, 0.25) is 0 Å². The Kier molecular flexibility index (Phi) is 5.73. The highest BCUT2D eigenvalue weighted by molar-refractivity contribution is 7.93. The average molecular weight is 404 g/mol. The number of ether oxygens (including phenoxy) is 2. The number of phenolic OH excluding ortho intramolecular Hbond substituents is 1. The molecule has 2 aromatic rings. The van der Waals surface area contributed by atoms with Crippen LogP contribution >= 0.6 is 0 Å². The number of anilines is 1. The second kappa shape index (κ2) is 7.65. The first kappa shape index (κ1) is 20.2. The van der Waals surface area contributed by atoms with Gasteiger partial charge in [0.1, 0.15) is 11.4 Å². The third-order valence-corrected chi connectivity index (χ3v) is 4.74. The number of ketones is 1. The molecule has 1 heterocycles. The van der Waals surface area contributed by atoms with Gasteiger partial charge in [-0.3, -0.25) is 9.10 Å². The number of halogens is 2. The summed E-state index contributed by atoms with van der Waals surface area (Å²) in [7, 11) is -1.90. The van der Waals surface area contributed by atoms with Gasteiger partial charge in [-0.25, -0.2) is 8.42 Å². The maximum Gasteiger partial charge on any atom is 0.355 e. The van der Waals surface area contributed by atoms with E-state index in [9.17, 15) is 27.1 Å². The van der Waals surface area contributed by atoms with Crippen LogP contribution in [0.4, 0.5) is 14.5 Å². The minimum atomic E-state index is -5.13. The lowest BCUT2D eigenvalue weighted by atomic mass is 10.1. The number of carbonyl (C=O) groups excluding carboxylic acids is 1. The topological polar surface area (TPSA) is 132 Å². The molecule has 0 unspecified atom stereocenters. The Morgan fingerprint density at radius 2 is 1.70 bits per heavy atom. The molecule has 1 aromatic heterocycles. The zero-order chi connectivity index (χ0) is 20.4.